The van der Waals surface area contributed by atoms with Crippen LogP contribution in [0.25, 0.3) is 10.8 Å². The first-order valence-corrected chi connectivity index (χ1v) is 6.77. The largest absolute Gasteiger partial charge is 0.359 e. The first-order valence-electron chi connectivity index (χ1n) is 6.77. The lowest BCUT2D eigenvalue weighted by molar-refractivity contribution is -0.129. The third-order valence-corrected chi connectivity index (χ3v) is 3.45. The number of carbonyl (C=O) groups is 1. The van der Waals surface area contributed by atoms with Crippen molar-refractivity contribution < 1.29 is 4.79 Å². The molecule has 2 N–H and O–H groups in total. The number of aromatic nitrogens is 2. The lowest BCUT2D eigenvalue weighted by atomic mass is 10.2. The van der Waals surface area contributed by atoms with Crippen LogP contribution in [-0.4, -0.2) is 53.7 Å². The summed E-state index contributed by atoms with van der Waals surface area (Å²) in [5.74, 6) is 0.757. The van der Waals surface area contributed by atoms with Crippen LogP contribution in [0.3, 0.4) is 0 Å². The molecule has 0 aliphatic carbocycles. The van der Waals surface area contributed by atoms with Gasteiger partial charge in [-0.1, -0.05) is 24.3 Å². The summed E-state index contributed by atoms with van der Waals surface area (Å²) in [6.45, 7) is 3.51. The van der Waals surface area contributed by atoms with E-state index in [0.717, 1.165) is 37.0 Å². The summed E-state index contributed by atoms with van der Waals surface area (Å²) in [6.07, 6.45) is 1.72. The number of nitrogens with zero attached hydrogens (tertiary/aromatic N) is 3. The average molecular weight is 271 g/mol. The Morgan fingerprint density at radius 2 is 2.10 bits per heavy atom. The van der Waals surface area contributed by atoms with Crippen molar-refractivity contribution in [1.29, 1.82) is 0 Å². The highest BCUT2D eigenvalue weighted by atomic mass is 16.2. The Labute approximate surface area is 117 Å². The molecule has 1 aromatic carbocycles. The van der Waals surface area contributed by atoms with E-state index in [-0.39, 0.29) is 12.5 Å². The number of amides is 1. The number of nitrogens with one attached hydrogen (secondary N) is 2. The molecule has 6 nitrogen and oxygen atoms in total. The fourth-order valence-electron chi connectivity index (χ4n) is 2.34. The minimum atomic E-state index is 0.0984. The van der Waals surface area contributed by atoms with Crippen molar-refractivity contribution in [2.24, 2.45) is 0 Å². The van der Waals surface area contributed by atoms with Gasteiger partial charge in [-0.05, 0) is 0 Å². The van der Waals surface area contributed by atoms with Crippen LogP contribution in [0, 0.1) is 0 Å². The van der Waals surface area contributed by atoms with Crippen LogP contribution in [0.2, 0.25) is 0 Å². The van der Waals surface area contributed by atoms with Gasteiger partial charge in [0.05, 0.1) is 12.7 Å². The normalized spacial score (nSPS) is 15.3. The summed E-state index contributed by atoms with van der Waals surface area (Å²) in [6, 6.07) is 7.86. The molecule has 0 bridgehead atoms. The van der Waals surface area contributed by atoms with Crippen molar-refractivity contribution in [1.82, 2.24) is 20.4 Å². The van der Waals surface area contributed by atoms with Crippen LogP contribution in [0.4, 0.5) is 5.82 Å². The molecule has 20 heavy (non-hydrogen) atoms. The Kier molecular flexibility index (Phi) is 3.73. The fourth-order valence-corrected chi connectivity index (χ4v) is 2.34. The maximum atomic E-state index is 12.1. The van der Waals surface area contributed by atoms with Crippen molar-refractivity contribution in [2.45, 2.75) is 0 Å². The van der Waals surface area contributed by atoms with Crippen LogP contribution in [-0.2, 0) is 4.79 Å². The fraction of sp³-hybridized carbons (Fsp3) is 0.357. The van der Waals surface area contributed by atoms with Gasteiger partial charge in [0.25, 0.3) is 0 Å². The first-order chi connectivity index (χ1) is 9.84. The second-order valence-corrected chi connectivity index (χ2v) is 4.76. The number of anilines is 1. The van der Waals surface area contributed by atoms with Crippen molar-refractivity contribution in [3.63, 3.8) is 0 Å². The Hall–Kier alpha value is -2.21. The molecular weight excluding hydrogens is 254 g/mol. The molecular formula is C14H17N5O. The van der Waals surface area contributed by atoms with Crippen LogP contribution in [0.5, 0.6) is 0 Å². The lowest BCUT2D eigenvalue weighted by Crippen LogP contribution is -2.48. The monoisotopic (exact) mass is 271 g/mol. The van der Waals surface area contributed by atoms with E-state index >= 15 is 0 Å². The van der Waals surface area contributed by atoms with Crippen LogP contribution in [0.1, 0.15) is 0 Å². The maximum absolute atomic E-state index is 12.1. The summed E-state index contributed by atoms with van der Waals surface area (Å²) in [5.41, 5.74) is 0. The van der Waals surface area contributed by atoms with Crippen molar-refractivity contribution >= 4 is 22.5 Å². The number of piperazine rings is 1. The van der Waals surface area contributed by atoms with E-state index in [2.05, 4.69) is 20.8 Å². The van der Waals surface area contributed by atoms with Gasteiger partial charge in [-0.3, -0.25) is 4.79 Å². The Balaban J connectivity index is 1.69. The smallest absolute Gasteiger partial charge is 0.242 e. The van der Waals surface area contributed by atoms with Gasteiger partial charge in [0.2, 0.25) is 5.91 Å². The third-order valence-electron chi connectivity index (χ3n) is 3.45. The minimum Gasteiger partial charge on any atom is -0.359 e. The number of hydrogen-bond acceptors (Lipinski definition) is 5. The summed E-state index contributed by atoms with van der Waals surface area (Å²) in [5, 5.41) is 16.4. The Morgan fingerprint density at radius 1 is 1.30 bits per heavy atom. The Morgan fingerprint density at radius 3 is 2.95 bits per heavy atom. The van der Waals surface area contributed by atoms with E-state index in [4.69, 9.17) is 0 Å². The molecule has 0 saturated carbocycles. The highest BCUT2D eigenvalue weighted by Crippen LogP contribution is 2.18. The standard InChI is InChI=1S/C14H17N5O/c20-13(19-7-5-15-6-8-19)10-16-14-12-4-2-1-3-11(12)9-17-18-14/h1-4,9,15H,5-8,10H2,(H,16,18). The molecule has 3 rings (SSSR count). The van der Waals surface area contributed by atoms with Gasteiger partial charge in [-0.15, -0.1) is 5.10 Å². The summed E-state index contributed by atoms with van der Waals surface area (Å²) < 4.78 is 0. The maximum Gasteiger partial charge on any atom is 0.242 e. The number of fused-ring (bicyclic) bond motifs is 1. The molecule has 6 heteroatoms. The molecule has 0 spiro atoms. The molecule has 1 fully saturated rings. The molecule has 1 amide bonds. The molecule has 0 atom stereocenters. The zero-order valence-electron chi connectivity index (χ0n) is 11.2. The number of carbonyl (C=O) groups excluding carboxylic acids is 1. The Bertz CT molecular complexity index is 604. The van der Waals surface area contributed by atoms with Crippen molar-refractivity contribution in [3.05, 3.63) is 30.5 Å². The zero-order chi connectivity index (χ0) is 13.8. The zero-order valence-corrected chi connectivity index (χ0v) is 11.2. The summed E-state index contributed by atoms with van der Waals surface area (Å²) in [7, 11) is 0. The summed E-state index contributed by atoms with van der Waals surface area (Å²) in [4.78, 5) is 14.0. The highest BCUT2D eigenvalue weighted by molar-refractivity contribution is 5.92. The molecule has 2 aromatic rings. The third kappa shape index (κ3) is 2.70. The van der Waals surface area contributed by atoms with Gasteiger partial charge in [-0.2, -0.15) is 5.10 Å². The van der Waals surface area contributed by atoms with Gasteiger partial charge in [0.15, 0.2) is 5.82 Å². The van der Waals surface area contributed by atoms with E-state index in [1.54, 1.807) is 6.20 Å². The van der Waals surface area contributed by atoms with Gasteiger partial charge < -0.3 is 15.5 Å². The van der Waals surface area contributed by atoms with Crippen LogP contribution in [0.15, 0.2) is 30.5 Å². The van der Waals surface area contributed by atoms with Crippen molar-refractivity contribution in [3.8, 4) is 0 Å². The first kappa shape index (κ1) is 12.8. The molecule has 1 aromatic heterocycles. The number of hydrogen-bond donors (Lipinski definition) is 2. The number of rotatable bonds is 3. The van der Waals surface area contributed by atoms with E-state index < -0.39 is 0 Å². The molecule has 104 valence electrons. The molecule has 0 unspecified atom stereocenters. The predicted molar refractivity (Wildman–Crippen MR) is 77.5 cm³/mol. The van der Waals surface area contributed by atoms with Gasteiger partial charge in [-0.25, -0.2) is 0 Å². The number of benzene rings is 1. The van der Waals surface area contributed by atoms with E-state index in [1.165, 1.54) is 0 Å². The van der Waals surface area contributed by atoms with E-state index in [0.29, 0.717) is 5.82 Å². The molecule has 2 heterocycles. The second-order valence-electron chi connectivity index (χ2n) is 4.76. The van der Waals surface area contributed by atoms with E-state index in [9.17, 15) is 4.79 Å². The van der Waals surface area contributed by atoms with Gasteiger partial charge >= 0.3 is 0 Å². The quantitative estimate of drug-likeness (QED) is 0.849. The molecule has 1 aliphatic rings. The van der Waals surface area contributed by atoms with Gasteiger partial charge in [0, 0.05) is 37.0 Å². The second kappa shape index (κ2) is 5.83. The summed E-state index contributed by atoms with van der Waals surface area (Å²) >= 11 is 0. The minimum absolute atomic E-state index is 0.0984. The highest BCUT2D eigenvalue weighted by Gasteiger charge is 2.16. The topological polar surface area (TPSA) is 70.2 Å². The van der Waals surface area contributed by atoms with Crippen LogP contribution >= 0.6 is 0 Å². The lowest BCUT2D eigenvalue weighted by Gasteiger charge is -2.27. The molecule has 0 radical (unpaired) electrons. The molecule has 1 saturated heterocycles. The SMILES string of the molecule is O=C(CNc1nncc2ccccc12)N1CCNCC1. The van der Waals surface area contributed by atoms with E-state index in [1.807, 2.05) is 29.2 Å². The predicted octanol–water partition coefficient (Wildman–Crippen LogP) is 0.473. The molecule has 1 aliphatic heterocycles. The van der Waals surface area contributed by atoms with Crippen molar-refractivity contribution in [2.75, 3.05) is 38.0 Å². The van der Waals surface area contributed by atoms with Crippen LogP contribution < -0.4 is 10.6 Å². The average Bonchev–Trinajstić information content (AvgIpc) is 2.53. The van der Waals surface area contributed by atoms with Gasteiger partial charge in [0.1, 0.15) is 0 Å².